The van der Waals surface area contributed by atoms with Crippen LogP contribution in [0.5, 0.6) is 0 Å². The Morgan fingerprint density at radius 3 is 2.50 bits per heavy atom. The molecule has 28 heavy (non-hydrogen) atoms. The summed E-state index contributed by atoms with van der Waals surface area (Å²) in [5.41, 5.74) is 0.987. The fourth-order valence-electron chi connectivity index (χ4n) is 4.46. The fourth-order valence-corrected chi connectivity index (χ4v) is 5.20. The van der Waals surface area contributed by atoms with E-state index in [9.17, 15) is 9.59 Å². The number of hydrogen-bond acceptors (Lipinski definition) is 5. The van der Waals surface area contributed by atoms with Crippen molar-refractivity contribution in [1.29, 1.82) is 0 Å². The minimum atomic E-state index is -0.123. The number of carbonyl (C=O) groups is 2. The van der Waals surface area contributed by atoms with Gasteiger partial charge < -0.3 is 10.6 Å². The van der Waals surface area contributed by atoms with Gasteiger partial charge in [0.2, 0.25) is 11.8 Å². The highest BCUT2D eigenvalue weighted by atomic mass is 127. The number of guanidine groups is 1. The van der Waals surface area contributed by atoms with Crippen molar-refractivity contribution in [2.75, 3.05) is 20.1 Å². The van der Waals surface area contributed by atoms with E-state index < -0.39 is 0 Å². The summed E-state index contributed by atoms with van der Waals surface area (Å²) in [5, 5.41) is 9.57. The molecule has 3 aliphatic rings. The van der Waals surface area contributed by atoms with Crippen LogP contribution in [0.15, 0.2) is 22.5 Å². The average Bonchev–Trinajstić information content (AvgIpc) is 3.44. The number of fused-ring (bicyclic) bond motifs is 5. The largest absolute Gasteiger partial charge is 0.355 e. The van der Waals surface area contributed by atoms with Crippen LogP contribution in [0, 0.1) is 23.7 Å². The number of allylic oxidation sites excluding steroid dienone is 2. The number of carbonyl (C=O) groups excluding carboxylic acids is 2. The van der Waals surface area contributed by atoms with E-state index in [4.69, 9.17) is 0 Å². The normalized spacial score (nSPS) is 27.9. The number of thiazole rings is 1. The van der Waals surface area contributed by atoms with Crippen molar-refractivity contribution >= 4 is 53.1 Å². The van der Waals surface area contributed by atoms with Gasteiger partial charge >= 0.3 is 0 Å². The van der Waals surface area contributed by atoms with Gasteiger partial charge in [0.25, 0.3) is 0 Å². The number of rotatable bonds is 6. The highest BCUT2D eigenvalue weighted by Gasteiger charge is 2.58. The molecule has 4 unspecified atom stereocenters. The Balaban J connectivity index is 0.00000225. The number of aryl methyl sites for hydroxylation is 1. The monoisotopic (exact) mass is 515 g/mol. The summed E-state index contributed by atoms with van der Waals surface area (Å²) in [4.78, 5) is 35.5. The molecule has 2 bridgehead atoms. The van der Waals surface area contributed by atoms with Crippen molar-refractivity contribution in [2.24, 2.45) is 28.7 Å². The zero-order valence-corrected chi connectivity index (χ0v) is 19.2. The first-order valence-corrected chi connectivity index (χ1v) is 10.4. The van der Waals surface area contributed by atoms with Crippen molar-refractivity contribution in [3.8, 4) is 0 Å². The Morgan fingerprint density at radius 1 is 1.25 bits per heavy atom. The van der Waals surface area contributed by atoms with E-state index >= 15 is 0 Å². The Hall–Kier alpha value is -1.49. The number of nitrogens with zero attached hydrogens (tertiary/aromatic N) is 3. The molecule has 2 amide bonds. The molecule has 1 saturated carbocycles. The summed E-state index contributed by atoms with van der Waals surface area (Å²) in [7, 11) is 1.70. The zero-order valence-electron chi connectivity index (χ0n) is 16.1. The van der Waals surface area contributed by atoms with Crippen LogP contribution >= 0.6 is 35.3 Å². The zero-order chi connectivity index (χ0) is 19.0. The minimum absolute atomic E-state index is 0. The quantitative estimate of drug-likeness (QED) is 0.199. The molecule has 1 saturated heterocycles. The van der Waals surface area contributed by atoms with E-state index in [0.29, 0.717) is 25.6 Å². The van der Waals surface area contributed by atoms with Gasteiger partial charge in [-0.05, 0) is 24.7 Å². The first kappa shape index (κ1) is 21.2. The van der Waals surface area contributed by atoms with Gasteiger partial charge in [-0.25, -0.2) is 4.98 Å². The second-order valence-corrected chi connectivity index (χ2v) is 8.21. The molecule has 152 valence electrons. The molecule has 2 aliphatic carbocycles. The lowest BCUT2D eigenvalue weighted by molar-refractivity contribution is -0.140. The van der Waals surface area contributed by atoms with Crippen molar-refractivity contribution in [3.63, 3.8) is 0 Å². The molecule has 1 aromatic rings. The van der Waals surface area contributed by atoms with Gasteiger partial charge in [0.15, 0.2) is 5.96 Å². The van der Waals surface area contributed by atoms with E-state index in [1.54, 1.807) is 18.4 Å². The molecular formula is C19H26IN5O2S. The summed E-state index contributed by atoms with van der Waals surface area (Å²) < 4.78 is 0. The number of aliphatic imine (C=N–C) groups is 1. The van der Waals surface area contributed by atoms with Crippen molar-refractivity contribution < 1.29 is 9.59 Å². The SMILES string of the molecule is CCc1nc(CNC(=NC)NCCN2C(=O)C3C4C=CC(C4)C3C2=O)cs1.I. The van der Waals surface area contributed by atoms with E-state index in [1.165, 1.54) is 4.90 Å². The van der Waals surface area contributed by atoms with Crippen LogP contribution in [0.4, 0.5) is 0 Å². The number of imide groups is 1. The molecule has 1 aromatic heterocycles. The number of likely N-dealkylation sites (tertiary alicyclic amines) is 1. The molecule has 9 heteroatoms. The Labute approximate surface area is 186 Å². The molecule has 4 atom stereocenters. The molecule has 7 nitrogen and oxygen atoms in total. The Bertz CT molecular complexity index is 778. The number of hydrogen-bond donors (Lipinski definition) is 2. The van der Waals surface area contributed by atoms with E-state index in [1.807, 2.05) is 5.38 Å². The predicted octanol–water partition coefficient (Wildman–Crippen LogP) is 1.80. The van der Waals surface area contributed by atoms with Crippen molar-refractivity contribution in [2.45, 2.75) is 26.3 Å². The highest BCUT2D eigenvalue weighted by Crippen LogP contribution is 2.52. The molecular weight excluding hydrogens is 489 g/mol. The molecule has 0 radical (unpaired) electrons. The second-order valence-electron chi connectivity index (χ2n) is 7.27. The molecule has 2 N–H and O–H groups in total. The number of aromatic nitrogens is 1. The minimum Gasteiger partial charge on any atom is -0.355 e. The molecule has 4 rings (SSSR count). The topological polar surface area (TPSA) is 86.7 Å². The van der Waals surface area contributed by atoms with Crippen LogP contribution in [0.3, 0.4) is 0 Å². The first-order valence-electron chi connectivity index (χ1n) is 9.53. The van der Waals surface area contributed by atoms with Crippen LogP contribution in [-0.4, -0.2) is 47.8 Å². The highest BCUT2D eigenvalue weighted by molar-refractivity contribution is 14.0. The van der Waals surface area contributed by atoms with Gasteiger partial charge in [-0.3, -0.25) is 19.5 Å². The Kier molecular flexibility index (Phi) is 6.74. The fraction of sp³-hybridized carbons (Fsp3) is 0.579. The van der Waals surface area contributed by atoms with Gasteiger partial charge in [0.05, 0.1) is 29.1 Å². The summed E-state index contributed by atoms with van der Waals surface area (Å²) in [6, 6.07) is 0. The molecule has 0 spiro atoms. The first-order chi connectivity index (χ1) is 13.1. The Morgan fingerprint density at radius 2 is 1.93 bits per heavy atom. The lowest BCUT2D eigenvalue weighted by atomic mass is 9.85. The smallest absolute Gasteiger partial charge is 0.233 e. The predicted molar refractivity (Wildman–Crippen MR) is 120 cm³/mol. The summed E-state index contributed by atoms with van der Waals surface area (Å²) in [6.07, 6.45) is 6.14. The summed E-state index contributed by atoms with van der Waals surface area (Å²) in [6.45, 7) is 3.54. The van der Waals surface area contributed by atoms with Crippen LogP contribution in [-0.2, 0) is 22.6 Å². The third-order valence-electron chi connectivity index (χ3n) is 5.75. The van der Waals surface area contributed by atoms with Gasteiger partial charge in [-0.2, -0.15) is 0 Å². The van der Waals surface area contributed by atoms with Gasteiger partial charge in [-0.15, -0.1) is 35.3 Å². The van der Waals surface area contributed by atoms with E-state index in [2.05, 4.69) is 39.7 Å². The lowest BCUT2D eigenvalue weighted by Crippen LogP contribution is -2.43. The number of halogens is 1. The van der Waals surface area contributed by atoms with Gasteiger partial charge in [0, 0.05) is 25.5 Å². The van der Waals surface area contributed by atoms with Gasteiger partial charge in [0.1, 0.15) is 0 Å². The van der Waals surface area contributed by atoms with Crippen molar-refractivity contribution in [1.82, 2.24) is 20.5 Å². The number of amides is 2. The second kappa shape index (κ2) is 8.89. The van der Waals surface area contributed by atoms with Crippen LogP contribution in [0.1, 0.15) is 24.0 Å². The maximum atomic E-state index is 12.7. The van der Waals surface area contributed by atoms with Crippen LogP contribution in [0.25, 0.3) is 0 Å². The molecule has 2 heterocycles. The van der Waals surface area contributed by atoms with E-state index in [-0.39, 0.29) is 59.5 Å². The van der Waals surface area contributed by atoms with E-state index in [0.717, 1.165) is 23.5 Å². The third-order valence-corrected chi connectivity index (χ3v) is 6.79. The average molecular weight is 515 g/mol. The van der Waals surface area contributed by atoms with Crippen LogP contribution in [0.2, 0.25) is 0 Å². The lowest BCUT2D eigenvalue weighted by Gasteiger charge is -2.18. The molecule has 2 fully saturated rings. The number of nitrogens with one attached hydrogen (secondary N) is 2. The maximum Gasteiger partial charge on any atom is 0.233 e. The summed E-state index contributed by atoms with van der Waals surface area (Å²) in [5.74, 6) is 0.916. The maximum absolute atomic E-state index is 12.7. The molecule has 0 aromatic carbocycles. The van der Waals surface area contributed by atoms with Gasteiger partial charge in [-0.1, -0.05) is 19.1 Å². The summed E-state index contributed by atoms with van der Waals surface area (Å²) >= 11 is 1.66. The molecule has 1 aliphatic heterocycles. The van der Waals surface area contributed by atoms with Crippen molar-refractivity contribution in [3.05, 3.63) is 28.2 Å². The standard InChI is InChI=1S/C19H25N5O2S.HI/c1-3-14-23-13(10-27-14)9-22-19(20-2)21-6-7-24-17(25)15-11-4-5-12(8-11)16(15)18(24)26;/h4-5,10-12,15-16H,3,6-9H2,1-2H3,(H2,20,21,22);1H. The third kappa shape index (κ3) is 3.83. The van der Waals surface area contributed by atoms with Crippen LogP contribution < -0.4 is 10.6 Å².